The molecule has 0 unspecified atom stereocenters. The number of benzene rings is 3. The zero-order chi connectivity index (χ0) is 29.3. The molecule has 0 bridgehead atoms. The molecule has 0 spiro atoms. The van der Waals surface area contributed by atoms with Crippen LogP contribution < -0.4 is 15.4 Å². The van der Waals surface area contributed by atoms with E-state index in [2.05, 4.69) is 44.5 Å². The molecular formula is C32H42N2O5Si. The summed E-state index contributed by atoms with van der Waals surface area (Å²) in [6, 6.07) is 21.1. The van der Waals surface area contributed by atoms with E-state index in [1.54, 1.807) is 0 Å². The number of rotatable bonds is 12. The van der Waals surface area contributed by atoms with Crippen molar-refractivity contribution in [1.29, 1.82) is 0 Å². The van der Waals surface area contributed by atoms with E-state index in [0.29, 0.717) is 43.9 Å². The van der Waals surface area contributed by atoms with Crippen molar-refractivity contribution in [3.8, 4) is 16.9 Å². The van der Waals surface area contributed by atoms with Crippen molar-refractivity contribution < 1.29 is 23.9 Å². The first-order chi connectivity index (χ1) is 18.9. The van der Waals surface area contributed by atoms with Crippen molar-refractivity contribution in [3.63, 3.8) is 0 Å². The lowest BCUT2D eigenvalue weighted by Gasteiger charge is -2.36. The van der Waals surface area contributed by atoms with Crippen LogP contribution in [-0.4, -0.2) is 32.0 Å². The first kappa shape index (κ1) is 30.9. The molecule has 40 heavy (non-hydrogen) atoms. The summed E-state index contributed by atoms with van der Waals surface area (Å²) >= 11 is 0. The monoisotopic (exact) mass is 562 g/mol. The average molecular weight is 563 g/mol. The number of carbonyl (C=O) groups excluding carboxylic acids is 1. The summed E-state index contributed by atoms with van der Waals surface area (Å²) in [5, 5.41) is 14.9. The molecule has 0 atom stereocenters. The fourth-order valence-corrected chi connectivity index (χ4v) is 4.98. The third kappa shape index (κ3) is 8.69. The predicted molar refractivity (Wildman–Crippen MR) is 165 cm³/mol. The number of carbonyl (C=O) groups is 2. The highest BCUT2D eigenvalue weighted by Crippen LogP contribution is 2.38. The van der Waals surface area contributed by atoms with Gasteiger partial charge in [-0.15, -0.1) is 0 Å². The van der Waals surface area contributed by atoms with Crippen LogP contribution in [0.1, 0.15) is 51.7 Å². The second kappa shape index (κ2) is 13.6. The van der Waals surface area contributed by atoms with Crippen LogP contribution in [0.25, 0.3) is 11.1 Å². The van der Waals surface area contributed by atoms with E-state index in [1.165, 1.54) is 0 Å². The van der Waals surface area contributed by atoms with E-state index in [9.17, 15) is 14.7 Å². The minimum Gasteiger partial charge on any atom is -0.493 e. The number of nitrogens with one attached hydrogen (secondary N) is 2. The Bertz CT molecular complexity index is 1300. The van der Waals surface area contributed by atoms with Crippen molar-refractivity contribution in [3.05, 3.63) is 77.9 Å². The lowest BCUT2D eigenvalue weighted by atomic mass is 9.99. The van der Waals surface area contributed by atoms with Crippen LogP contribution in [0.15, 0.2) is 66.7 Å². The molecule has 0 fully saturated rings. The van der Waals surface area contributed by atoms with E-state index in [4.69, 9.17) is 9.16 Å². The molecule has 3 aromatic carbocycles. The third-order valence-electron chi connectivity index (χ3n) is 7.33. The van der Waals surface area contributed by atoms with Crippen LogP contribution in [0.2, 0.25) is 18.1 Å². The number of hydrogen-bond acceptors (Lipinski definition) is 4. The zero-order valence-corrected chi connectivity index (χ0v) is 25.5. The van der Waals surface area contributed by atoms with E-state index in [1.807, 2.05) is 73.7 Å². The van der Waals surface area contributed by atoms with E-state index in [-0.39, 0.29) is 10.9 Å². The van der Waals surface area contributed by atoms with Gasteiger partial charge in [0.15, 0.2) is 8.32 Å². The van der Waals surface area contributed by atoms with Gasteiger partial charge in [-0.05, 0) is 61.2 Å². The average Bonchev–Trinajstić information content (AvgIpc) is 2.88. The summed E-state index contributed by atoms with van der Waals surface area (Å²) in [5.41, 5.74) is 4.88. The van der Waals surface area contributed by atoms with Gasteiger partial charge < -0.3 is 19.6 Å². The van der Waals surface area contributed by atoms with Gasteiger partial charge in [-0.1, -0.05) is 69.3 Å². The number of anilines is 2. The Morgan fingerprint density at radius 1 is 0.950 bits per heavy atom. The largest absolute Gasteiger partial charge is 0.493 e. The van der Waals surface area contributed by atoms with Crippen molar-refractivity contribution in [2.75, 3.05) is 17.2 Å². The van der Waals surface area contributed by atoms with Crippen LogP contribution in [0, 0.1) is 0 Å². The Hall–Kier alpha value is -3.62. The van der Waals surface area contributed by atoms with E-state index in [0.717, 1.165) is 28.0 Å². The smallest absolute Gasteiger partial charge is 0.409 e. The fraction of sp³-hybridized carbons (Fsp3) is 0.375. The van der Waals surface area contributed by atoms with Crippen LogP contribution in [-0.2, 0) is 22.2 Å². The SMILES string of the molecule is CCOc1cc(NC(=O)CCCc2ccc(-c3ccccc3)c(NC(=O)O)c2)ccc1CO[Si](C)(C)C(C)(C)C. The van der Waals surface area contributed by atoms with Gasteiger partial charge in [0.2, 0.25) is 5.91 Å². The minimum atomic E-state index is -1.91. The number of hydrogen-bond donors (Lipinski definition) is 3. The van der Waals surface area contributed by atoms with Crippen LogP contribution in [0.4, 0.5) is 16.2 Å². The maximum absolute atomic E-state index is 12.7. The zero-order valence-electron chi connectivity index (χ0n) is 24.5. The molecule has 8 heteroatoms. The first-order valence-electron chi connectivity index (χ1n) is 13.8. The Balaban J connectivity index is 1.60. The normalized spacial score (nSPS) is 11.7. The van der Waals surface area contributed by atoms with Gasteiger partial charge in [-0.2, -0.15) is 0 Å². The van der Waals surface area contributed by atoms with Crippen LogP contribution >= 0.6 is 0 Å². The maximum atomic E-state index is 12.7. The quantitative estimate of drug-likeness (QED) is 0.193. The van der Waals surface area contributed by atoms with Crippen molar-refractivity contribution in [2.24, 2.45) is 0 Å². The molecule has 2 amide bonds. The van der Waals surface area contributed by atoms with Crippen LogP contribution in [0.5, 0.6) is 5.75 Å². The molecule has 0 saturated heterocycles. The fourth-order valence-electron chi connectivity index (χ4n) is 4.03. The molecule has 0 aromatic heterocycles. The molecule has 0 saturated carbocycles. The molecule has 0 aliphatic rings. The second-order valence-corrected chi connectivity index (χ2v) is 16.2. The first-order valence-corrected chi connectivity index (χ1v) is 16.7. The molecule has 3 aromatic rings. The van der Waals surface area contributed by atoms with E-state index < -0.39 is 14.4 Å². The molecule has 0 aliphatic heterocycles. The van der Waals surface area contributed by atoms with Gasteiger partial charge in [-0.25, -0.2) is 4.79 Å². The Morgan fingerprint density at radius 2 is 1.68 bits per heavy atom. The van der Waals surface area contributed by atoms with Gasteiger partial charge in [0.25, 0.3) is 0 Å². The summed E-state index contributed by atoms with van der Waals surface area (Å²) in [4.78, 5) is 24.1. The predicted octanol–water partition coefficient (Wildman–Crippen LogP) is 8.33. The van der Waals surface area contributed by atoms with Crippen molar-refractivity contribution >= 4 is 31.7 Å². The molecule has 3 N–H and O–H groups in total. The summed E-state index contributed by atoms with van der Waals surface area (Å²) in [6.45, 7) is 14.0. The molecule has 0 aliphatic carbocycles. The summed E-state index contributed by atoms with van der Waals surface area (Å²) in [5.74, 6) is 0.633. The number of amides is 2. The highest BCUT2D eigenvalue weighted by molar-refractivity contribution is 6.74. The number of ether oxygens (including phenoxy) is 1. The van der Waals surface area contributed by atoms with Gasteiger partial charge >= 0.3 is 6.09 Å². The van der Waals surface area contributed by atoms with Gasteiger partial charge in [0.1, 0.15) is 5.75 Å². The Labute approximate surface area is 239 Å². The lowest BCUT2D eigenvalue weighted by Crippen LogP contribution is -2.40. The third-order valence-corrected chi connectivity index (χ3v) is 11.8. The number of carboxylic acid groups (broad SMARTS) is 1. The van der Waals surface area contributed by atoms with Gasteiger partial charge in [-0.3, -0.25) is 10.1 Å². The topological polar surface area (TPSA) is 96.9 Å². The summed E-state index contributed by atoms with van der Waals surface area (Å²) in [6.07, 6.45) is 0.491. The molecule has 0 radical (unpaired) electrons. The highest BCUT2D eigenvalue weighted by Gasteiger charge is 2.37. The Kier molecular flexibility index (Phi) is 10.5. The van der Waals surface area contributed by atoms with Crippen molar-refractivity contribution in [2.45, 2.75) is 71.7 Å². The minimum absolute atomic E-state index is 0.0856. The number of aryl methyl sites for hydroxylation is 1. The molecule has 214 valence electrons. The van der Waals surface area contributed by atoms with E-state index >= 15 is 0 Å². The van der Waals surface area contributed by atoms with Gasteiger partial charge in [0.05, 0.1) is 18.9 Å². The molecule has 3 rings (SSSR count). The van der Waals surface area contributed by atoms with Crippen molar-refractivity contribution in [1.82, 2.24) is 0 Å². The molecule has 0 heterocycles. The molecular weight excluding hydrogens is 520 g/mol. The summed E-state index contributed by atoms with van der Waals surface area (Å²) < 4.78 is 12.2. The standard InChI is InChI=1S/C32H42N2O5Si/c1-7-38-29-21-26(18-17-25(29)22-39-40(5,6)32(2,3)4)33-30(35)15-11-12-23-16-19-27(24-13-9-8-10-14-24)28(20-23)34-31(36)37/h8-10,13-14,16-21,34H,7,11-12,15,22H2,1-6H3,(H,33,35)(H,36,37). The Morgan fingerprint density at radius 3 is 2.33 bits per heavy atom. The van der Waals surface area contributed by atoms with Gasteiger partial charge in [0, 0.05) is 29.3 Å². The maximum Gasteiger partial charge on any atom is 0.409 e. The highest BCUT2D eigenvalue weighted by atomic mass is 28.4. The molecule has 7 nitrogen and oxygen atoms in total. The lowest BCUT2D eigenvalue weighted by molar-refractivity contribution is -0.116. The second-order valence-electron chi connectivity index (χ2n) is 11.4. The summed E-state index contributed by atoms with van der Waals surface area (Å²) in [7, 11) is -1.91. The van der Waals surface area contributed by atoms with Crippen LogP contribution in [0.3, 0.4) is 0 Å².